The summed E-state index contributed by atoms with van der Waals surface area (Å²) in [5.41, 5.74) is 2.57. The lowest BCUT2D eigenvalue weighted by Gasteiger charge is -2.18. The Morgan fingerprint density at radius 3 is 2.15 bits per heavy atom. The third-order valence-corrected chi connectivity index (χ3v) is 4.06. The predicted molar refractivity (Wildman–Crippen MR) is 107 cm³/mol. The Bertz CT molecular complexity index is 760. The third kappa shape index (κ3) is 6.17. The summed E-state index contributed by atoms with van der Waals surface area (Å²) in [5, 5.41) is 6.31. The molecule has 0 aliphatic rings. The van der Waals surface area contributed by atoms with Gasteiger partial charge >= 0.3 is 0 Å². The molecule has 0 fully saturated rings. The highest BCUT2D eigenvalue weighted by molar-refractivity contribution is 6.30. The van der Waals surface area contributed by atoms with E-state index in [1.54, 1.807) is 36.2 Å². The van der Waals surface area contributed by atoms with Gasteiger partial charge in [0, 0.05) is 16.4 Å². The fourth-order valence-electron chi connectivity index (χ4n) is 2.58. The Labute approximate surface area is 159 Å². The van der Waals surface area contributed by atoms with E-state index in [9.17, 15) is 9.59 Å². The van der Waals surface area contributed by atoms with Gasteiger partial charge in [-0.05, 0) is 48.9 Å². The third-order valence-electron chi connectivity index (χ3n) is 3.81. The van der Waals surface area contributed by atoms with Gasteiger partial charge in [0.05, 0.1) is 13.1 Å². The van der Waals surface area contributed by atoms with Crippen molar-refractivity contribution in [3.05, 3.63) is 59.1 Å². The highest BCUT2D eigenvalue weighted by Gasteiger charge is 2.13. The standard InChI is InChI=1S/C20H24ClN3O2/c1-14(2)17-6-4-5-7-18(17)23-20(26)13-24(3)12-19(25)22-16-10-8-15(21)9-11-16/h4-11,14H,12-13H2,1-3H3,(H,22,25)(H,23,26). The highest BCUT2D eigenvalue weighted by Crippen LogP contribution is 2.23. The van der Waals surface area contributed by atoms with Crippen LogP contribution in [0.5, 0.6) is 0 Å². The van der Waals surface area contributed by atoms with Gasteiger partial charge in [-0.1, -0.05) is 43.6 Å². The number of nitrogens with one attached hydrogen (secondary N) is 2. The minimum atomic E-state index is -0.190. The van der Waals surface area contributed by atoms with Crippen LogP contribution in [-0.2, 0) is 9.59 Å². The number of anilines is 2. The van der Waals surface area contributed by atoms with Crippen molar-refractivity contribution in [2.75, 3.05) is 30.8 Å². The SMILES string of the molecule is CC(C)c1ccccc1NC(=O)CN(C)CC(=O)Nc1ccc(Cl)cc1. The number of carbonyl (C=O) groups is 2. The first kappa shape index (κ1) is 19.9. The summed E-state index contributed by atoms with van der Waals surface area (Å²) >= 11 is 5.82. The van der Waals surface area contributed by atoms with Crippen molar-refractivity contribution in [1.82, 2.24) is 4.90 Å². The number of halogens is 1. The van der Waals surface area contributed by atoms with Gasteiger partial charge in [0.15, 0.2) is 0 Å². The molecule has 6 heteroatoms. The molecule has 0 aromatic heterocycles. The largest absolute Gasteiger partial charge is 0.325 e. The smallest absolute Gasteiger partial charge is 0.238 e. The van der Waals surface area contributed by atoms with Crippen LogP contribution in [0.2, 0.25) is 5.02 Å². The average molecular weight is 374 g/mol. The Kier molecular flexibility index (Phi) is 7.18. The number of hydrogen-bond acceptors (Lipinski definition) is 3. The second-order valence-electron chi connectivity index (χ2n) is 6.52. The van der Waals surface area contributed by atoms with Crippen LogP contribution >= 0.6 is 11.6 Å². The lowest BCUT2D eigenvalue weighted by molar-refractivity contribution is -0.119. The van der Waals surface area contributed by atoms with E-state index in [-0.39, 0.29) is 24.9 Å². The van der Waals surface area contributed by atoms with Crippen molar-refractivity contribution >= 4 is 34.8 Å². The van der Waals surface area contributed by atoms with E-state index < -0.39 is 0 Å². The molecule has 0 heterocycles. The Morgan fingerprint density at radius 2 is 1.54 bits per heavy atom. The molecule has 0 radical (unpaired) electrons. The topological polar surface area (TPSA) is 61.4 Å². The number of benzene rings is 2. The minimum Gasteiger partial charge on any atom is -0.325 e. The molecule has 0 saturated heterocycles. The molecular formula is C20H24ClN3O2. The number of amides is 2. The molecule has 138 valence electrons. The van der Waals surface area contributed by atoms with Crippen LogP contribution in [0.3, 0.4) is 0 Å². The van der Waals surface area contributed by atoms with E-state index >= 15 is 0 Å². The predicted octanol–water partition coefficient (Wildman–Crippen LogP) is 3.97. The Balaban J connectivity index is 1.85. The molecule has 0 atom stereocenters. The second-order valence-corrected chi connectivity index (χ2v) is 6.95. The maximum absolute atomic E-state index is 12.3. The van der Waals surface area contributed by atoms with E-state index in [0.29, 0.717) is 16.6 Å². The molecular weight excluding hydrogens is 350 g/mol. The van der Waals surface area contributed by atoms with Crippen molar-refractivity contribution in [2.24, 2.45) is 0 Å². The summed E-state index contributed by atoms with van der Waals surface area (Å²) in [6.07, 6.45) is 0. The van der Waals surface area contributed by atoms with Gasteiger partial charge < -0.3 is 10.6 Å². The van der Waals surface area contributed by atoms with Gasteiger partial charge in [-0.25, -0.2) is 0 Å². The fraction of sp³-hybridized carbons (Fsp3) is 0.300. The zero-order chi connectivity index (χ0) is 19.1. The van der Waals surface area contributed by atoms with Crippen molar-refractivity contribution in [3.8, 4) is 0 Å². The molecule has 26 heavy (non-hydrogen) atoms. The summed E-state index contributed by atoms with van der Waals surface area (Å²) in [5.74, 6) is -0.0283. The van der Waals surface area contributed by atoms with Gasteiger partial charge in [-0.2, -0.15) is 0 Å². The molecule has 2 amide bonds. The van der Waals surface area contributed by atoms with Gasteiger partial charge in [0.25, 0.3) is 0 Å². The quantitative estimate of drug-likeness (QED) is 0.771. The number of para-hydroxylation sites is 1. The minimum absolute atomic E-state index is 0.113. The first-order chi connectivity index (χ1) is 12.3. The molecule has 2 aromatic rings. The van der Waals surface area contributed by atoms with Crippen LogP contribution in [-0.4, -0.2) is 36.9 Å². The molecule has 0 aliphatic carbocycles. The van der Waals surface area contributed by atoms with E-state index in [2.05, 4.69) is 24.5 Å². The second kappa shape index (κ2) is 9.36. The van der Waals surface area contributed by atoms with Crippen molar-refractivity contribution in [1.29, 1.82) is 0 Å². The van der Waals surface area contributed by atoms with Crippen molar-refractivity contribution in [3.63, 3.8) is 0 Å². The summed E-state index contributed by atoms with van der Waals surface area (Å²) in [7, 11) is 1.73. The lowest BCUT2D eigenvalue weighted by atomic mass is 10.0. The van der Waals surface area contributed by atoms with Crippen molar-refractivity contribution in [2.45, 2.75) is 19.8 Å². The Hall–Kier alpha value is -2.37. The molecule has 2 rings (SSSR count). The summed E-state index contributed by atoms with van der Waals surface area (Å²) in [4.78, 5) is 26.0. The first-order valence-corrected chi connectivity index (χ1v) is 8.85. The van der Waals surface area contributed by atoms with Gasteiger partial charge in [0.2, 0.25) is 11.8 Å². The maximum Gasteiger partial charge on any atom is 0.238 e. The van der Waals surface area contributed by atoms with E-state index in [1.807, 2.05) is 24.3 Å². The maximum atomic E-state index is 12.3. The van der Waals surface area contributed by atoms with Crippen LogP contribution in [0.15, 0.2) is 48.5 Å². The number of rotatable bonds is 7. The van der Waals surface area contributed by atoms with Crippen molar-refractivity contribution < 1.29 is 9.59 Å². The number of carbonyl (C=O) groups excluding carboxylic acids is 2. The van der Waals surface area contributed by atoms with Gasteiger partial charge in [-0.3, -0.25) is 14.5 Å². The van der Waals surface area contributed by atoms with Crippen LogP contribution in [0, 0.1) is 0 Å². The van der Waals surface area contributed by atoms with Crippen LogP contribution in [0.1, 0.15) is 25.3 Å². The zero-order valence-corrected chi connectivity index (χ0v) is 16.0. The van der Waals surface area contributed by atoms with E-state index in [4.69, 9.17) is 11.6 Å². The normalized spacial score (nSPS) is 10.8. The molecule has 2 aromatic carbocycles. The molecule has 0 aliphatic heterocycles. The zero-order valence-electron chi connectivity index (χ0n) is 15.3. The fourth-order valence-corrected chi connectivity index (χ4v) is 2.71. The van der Waals surface area contributed by atoms with E-state index in [0.717, 1.165) is 11.3 Å². The molecule has 0 spiro atoms. The lowest BCUT2D eigenvalue weighted by Crippen LogP contribution is -2.36. The van der Waals surface area contributed by atoms with Crippen LogP contribution in [0.25, 0.3) is 0 Å². The number of nitrogens with zero attached hydrogens (tertiary/aromatic N) is 1. The molecule has 0 unspecified atom stereocenters. The number of likely N-dealkylation sites (N-methyl/N-ethyl adjacent to an activating group) is 1. The number of hydrogen-bond donors (Lipinski definition) is 2. The van der Waals surface area contributed by atoms with Crippen LogP contribution in [0.4, 0.5) is 11.4 Å². The summed E-state index contributed by atoms with van der Waals surface area (Å²) in [6.45, 7) is 4.40. The molecule has 2 N–H and O–H groups in total. The summed E-state index contributed by atoms with van der Waals surface area (Å²) in [6, 6.07) is 14.6. The molecule has 0 bridgehead atoms. The monoisotopic (exact) mass is 373 g/mol. The van der Waals surface area contributed by atoms with Gasteiger partial charge in [0.1, 0.15) is 0 Å². The molecule has 5 nitrogen and oxygen atoms in total. The highest BCUT2D eigenvalue weighted by atomic mass is 35.5. The van der Waals surface area contributed by atoms with Gasteiger partial charge in [-0.15, -0.1) is 0 Å². The Morgan fingerprint density at radius 1 is 0.962 bits per heavy atom. The summed E-state index contributed by atoms with van der Waals surface area (Å²) < 4.78 is 0. The average Bonchev–Trinajstić information content (AvgIpc) is 2.56. The first-order valence-electron chi connectivity index (χ1n) is 8.48. The van der Waals surface area contributed by atoms with Crippen LogP contribution < -0.4 is 10.6 Å². The molecule has 0 saturated carbocycles. The van der Waals surface area contributed by atoms with E-state index in [1.165, 1.54) is 0 Å².